The van der Waals surface area contributed by atoms with E-state index in [0.717, 1.165) is 19.5 Å². The number of hydrogen-bond donors (Lipinski definition) is 1. The Morgan fingerprint density at radius 1 is 1.35 bits per heavy atom. The SMILES string of the molecule is CCCN1CCC2c3ccccc3N3NC(=O)CC1C23. The van der Waals surface area contributed by atoms with Crippen LogP contribution in [0.15, 0.2) is 24.3 Å². The molecule has 4 rings (SSSR count). The van der Waals surface area contributed by atoms with Crippen LogP contribution < -0.4 is 10.4 Å². The molecule has 0 saturated carbocycles. The number of rotatable bonds is 2. The van der Waals surface area contributed by atoms with Crippen molar-refractivity contribution in [3.8, 4) is 0 Å². The maximum absolute atomic E-state index is 12.1. The standard InChI is InChI=1S/C16H21N3O/c1-2-8-18-9-7-12-11-5-3-4-6-13(11)19-16(12)14(18)10-15(20)17-19/h3-6,12,14,16H,2,7-10H2,1H3,(H,17,20). The maximum atomic E-state index is 12.1. The maximum Gasteiger partial charge on any atom is 0.240 e. The summed E-state index contributed by atoms with van der Waals surface area (Å²) in [5.41, 5.74) is 5.72. The molecule has 2 saturated heterocycles. The van der Waals surface area contributed by atoms with E-state index in [1.807, 2.05) is 0 Å². The fourth-order valence-electron chi connectivity index (χ4n) is 4.32. The Hall–Kier alpha value is -1.55. The van der Waals surface area contributed by atoms with Gasteiger partial charge in [0, 0.05) is 18.4 Å². The molecule has 1 aromatic rings. The molecule has 3 aliphatic heterocycles. The first kappa shape index (κ1) is 12.2. The molecule has 0 radical (unpaired) electrons. The molecule has 1 amide bonds. The predicted octanol–water partition coefficient (Wildman–Crippen LogP) is 1.88. The summed E-state index contributed by atoms with van der Waals surface area (Å²) in [6, 6.07) is 9.35. The minimum atomic E-state index is 0.157. The Balaban J connectivity index is 1.75. The number of anilines is 1. The number of nitrogens with one attached hydrogen (secondary N) is 1. The number of para-hydroxylation sites is 1. The number of hydrazine groups is 1. The summed E-state index contributed by atoms with van der Waals surface area (Å²) in [5.74, 6) is 0.731. The van der Waals surface area contributed by atoms with Gasteiger partial charge < -0.3 is 0 Å². The first-order chi connectivity index (χ1) is 9.79. The lowest BCUT2D eigenvalue weighted by Crippen LogP contribution is -2.65. The summed E-state index contributed by atoms with van der Waals surface area (Å²) in [6.07, 6.45) is 3.00. The number of benzene rings is 1. The van der Waals surface area contributed by atoms with E-state index >= 15 is 0 Å². The van der Waals surface area contributed by atoms with Crippen LogP contribution in [0.3, 0.4) is 0 Å². The Labute approximate surface area is 119 Å². The molecular formula is C16H21N3O. The van der Waals surface area contributed by atoms with Crippen molar-refractivity contribution in [2.45, 2.75) is 44.2 Å². The van der Waals surface area contributed by atoms with Gasteiger partial charge >= 0.3 is 0 Å². The highest BCUT2D eigenvalue weighted by molar-refractivity contribution is 5.82. The zero-order chi connectivity index (χ0) is 13.7. The molecule has 20 heavy (non-hydrogen) atoms. The third kappa shape index (κ3) is 1.61. The second-order valence-electron chi connectivity index (χ2n) is 6.16. The molecular weight excluding hydrogens is 250 g/mol. The highest BCUT2D eigenvalue weighted by Gasteiger charge is 2.50. The molecule has 3 unspecified atom stereocenters. The molecule has 0 spiro atoms. The summed E-state index contributed by atoms with van der Waals surface area (Å²) >= 11 is 0. The summed E-state index contributed by atoms with van der Waals surface area (Å²) in [7, 11) is 0. The van der Waals surface area contributed by atoms with Gasteiger partial charge in [0.1, 0.15) is 0 Å². The fourth-order valence-corrected chi connectivity index (χ4v) is 4.32. The first-order valence-corrected chi connectivity index (χ1v) is 7.71. The molecule has 0 bridgehead atoms. The second-order valence-corrected chi connectivity index (χ2v) is 6.16. The van der Waals surface area contributed by atoms with Crippen molar-refractivity contribution >= 4 is 11.6 Å². The monoisotopic (exact) mass is 271 g/mol. The van der Waals surface area contributed by atoms with Crippen LogP contribution in [0.4, 0.5) is 5.69 Å². The topological polar surface area (TPSA) is 35.6 Å². The van der Waals surface area contributed by atoms with Crippen molar-refractivity contribution < 1.29 is 4.79 Å². The number of fused-ring (bicyclic) bond motifs is 3. The molecule has 1 N–H and O–H groups in total. The molecule has 3 atom stereocenters. The van der Waals surface area contributed by atoms with Crippen molar-refractivity contribution in [2.75, 3.05) is 18.1 Å². The number of carbonyl (C=O) groups is 1. The Bertz CT molecular complexity index is 544. The lowest BCUT2D eigenvalue weighted by molar-refractivity contribution is -0.125. The van der Waals surface area contributed by atoms with E-state index in [9.17, 15) is 4.79 Å². The second kappa shape index (κ2) is 4.48. The molecule has 0 aliphatic carbocycles. The third-order valence-corrected chi connectivity index (χ3v) is 5.05. The Kier molecular flexibility index (Phi) is 2.74. The first-order valence-electron chi connectivity index (χ1n) is 7.71. The van der Waals surface area contributed by atoms with Crippen LogP contribution in [0.25, 0.3) is 0 Å². The van der Waals surface area contributed by atoms with Crippen molar-refractivity contribution in [3.05, 3.63) is 29.8 Å². The number of piperidine rings is 1. The highest BCUT2D eigenvalue weighted by atomic mass is 16.2. The average Bonchev–Trinajstić information content (AvgIpc) is 2.78. The third-order valence-electron chi connectivity index (χ3n) is 5.05. The molecule has 2 fully saturated rings. The molecule has 4 heteroatoms. The van der Waals surface area contributed by atoms with Crippen LogP contribution in [0.2, 0.25) is 0 Å². The molecule has 106 valence electrons. The quantitative estimate of drug-likeness (QED) is 0.892. The Morgan fingerprint density at radius 3 is 3.05 bits per heavy atom. The largest absolute Gasteiger partial charge is 0.298 e. The van der Waals surface area contributed by atoms with E-state index in [1.54, 1.807) is 0 Å². The van der Waals surface area contributed by atoms with Crippen LogP contribution in [-0.2, 0) is 4.79 Å². The predicted molar refractivity (Wildman–Crippen MR) is 78.5 cm³/mol. The smallest absolute Gasteiger partial charge is 0.240 e. The van der Waals surface area contributed by atoms with Crippen LogP contribution in [0.5, 0.6) is 0 Å². The number of nitrogens with zero attached hydrogens (tertiary/aromatic N) is 2. The van der Waals surface area contributed by atoms with Gasteiger partial charge in [-0.1, -0.05) is 25.1 Å². The average molecular weight is 271 g/mol. The van der Waals surface area contributed by atoms with E-state index in [1.165, 1.54) is 17.7 Å². The number of hydrogen-bond acceptors (Lipinski definition) is 3. The van der Waals surface area contributed by atoms with Crippen LogP contribution in [0.1, 0.15) is 37.7 Å². The fraction of sp³-hybridized carbons (Fsp3) is 0.562. The van der Waals surface area contributed by atoms with Gasteiger partial charge in [0.15, 0.2) is 0 Å². The number of likely N-dealkylation sites (tertiary alicyclic amines) is 1. The van der Waals surface area contributed by atoms with E-state index in [-0.39, 0.29) is 5.91 Å². The van der Waals surface area contributed by atoms with Crippen LogP contribution >= 0.6 is 0 Å². The van der Waals surface area contributed by atoms with E-state index in [2.05, 4.69) is 46.5 Å². The summed E-state index contributed by atoms with van der Waals surface area (Å²) in [6.45, 7) is 4.44. The normalized spacial score (nSPS) is 31.8. The minimum Gasteiger partial charge on any atom is -0.298 e. The van der Waals surface area contributed by atoms with Crippen molar-refractivity contribution in [3.63, 3.8) is 0 Å². The van der Waals surface area contributed by atoms with Gasteiger partial charge in [0.05, 0.1) is 11.7 Å². The highest BCUT2D eigenvalue weighted by Crippen LogP contribution is 2.47. The summed E-state index contributed by atoms with van der Waals surface area (Å²) in [4.78, 5) is 14.6. The number of carbonyl (C=O) groups excluding carboxylic acids is 1. The minimum absolute atomic E-state index is 0.157. The van der Waals surface area contributed by atoms with Crippen molar-refractivity contribution in [1.82, 2.24) is 10.3 Å². The molecule has 3 aliphatic rings. The van der Waals surface area contributed by atoms with Crippen LogP contribution in [-0.4, -0.2) is 36.0 Å². The summed E-state index contributed by atoms with van der Waals surface area (Å²) in [5, 5.41) is 2.15. The van der Waals surface area contributed by atoms with Gasteiger partial charge in [-0.2, -0.15) is 0 Å². The van der Waals surface area contributed by atoms with Gasteiger partial charge in [-0.25, -0.2) is 0 Å². The van der Waals surface area contributed by atoms with Gasteiger partial charge in [-0.15, -0.1) is 0 Å². The zero-order valence-electron chi connectivity index (χ0n) is 11.9. The lowest BCUT2D eigenvalue weighted by Gasteiger charge is -2.48. The van der Waals surface area contributed by atoms with Gasteiger partial charge in [0.25, 0.3) is 0 Å². The van der Waals surface area contributed by atoms with Gasteiger partial charge in [-0.05, 0) is 37.6 Å². The van der Waals surface area contributed by atoms with Crippen molar-refractivity contribution in [1.29, 1.82) is 0 Å². The Morgan fingerprint density at radius 2 is 2.20 bits per heavy atom. The van der Waals surface area contributed by atoms with Crippen molar-refractivity contribution in [2.24, 2.45) is 0 Å². The molecule has 4 nitrogen and oxygen atoms in total. The molecule has 1 aromatic carbocycles. The zero-order valence-corrected chi connectivity index (χ0v) is 11.9. The molecule has 0 aromatic heterocycles. The van der Waals surface area contributed by atoms with E-state index < -0.39 is 0 Å². The van der Waals surface area contributed by atoms with E-state index in [0.29, 0.717) is 24.4 Å². The molecule has 3 heterocycles. The van der Waals surface area contributed by atoms with Gasteiger partial charge in [-0.3, -0.25) is 20.1 Å². The van der Waals surface area contributed by atoms with E-state index in [4.69, 9.17) is 0 Å². The number of amides is 1. The van der Waals surface area contributed by atoms with Gasteiger partial charge in [0.2, 0.25) is 5.91 Å². The lowest BCUT2D eigenvalue weighted by atomic mass is 9.81. The van der Waals surface area contributed by atoms with Crippen LogP contribution in [0, 0.1) is 0 Å². The summed E-state index contributed by atoms with van der Waals surface area (Å²) < 4.78 is 0.